The normalized spacial score (nSPS) is 18.4. The largest absolute Gasteiger partial charge is 0.393 e. The monoisotopic (exact) mass is 210 g/mol. The van der Waals surface area contributed by atoms with Crippen molar-refractivity contribution in [2.75, 3.05) is 0 Å². The third-order valence-electron chi connectivity index (χ3n) is 2.92. The lowest BCUT2D eigenvalue weighted by Gasteiger charge is -2.07. The van der Waals surface area contributed by atoms with Crippen LogP contribution in [0.4, 0.5) is 0 Å². The standard InChI is InChI=1S/C12H18OS/c13-12(10-7-8-10)6-2-1-4-11-5-3-9-14-11/h3,5,9-10,12-13H,1-2,4,6-8H2. The van der Waals surface area contributed by atoms with Crippen LogP contribution in [0.5, 0.6) is 0 Å². The summed E-state index contributed by atoms with van der Waals surface area (Å²) in [5.41, 5.74) is 0. The molecule has 1 saturated carbocycles. The molecular formula is C12H18OS. The van der Waals surface area contributed by atoms with Crippen LogP contribution in [0.1, 0.15) is 37.0 Å². The zero-order valence-corrected chi connectivity index (χ0v) is 9.30. The SMILES string of the molecule is OC(CCCCc1cccs1)C1CC1. The van der Waals surface area contributed by atoms with Gasteiger partial charge in [-0.25, -0.2) is 0 Å². The maximum absolute atomic E-state index is 9.65. The van der Waals surface area contributed by atoms with E-state index in [1.807, 2.05) is 11.3 Å². The molecule has 1 nitrogen and oxygen atoms in total. The molecular weight excluding hydrogens is 192 g/mol. The van der Waals surface area contributed by atoms with E-state index in [0.29, 0.717) is 5.92 Å². The third kappa shape index (κ3) is 3.10. The smallest absolute Gasteiger partial charge is 0.0568 e. The minimum Gasteiger partial charge on any atom is -0.393 e. The highest BCUT2D eigenvalue weighted by Gasteiger charge is 2.28. The molecule has 1 aromatic heterocycles. The number of aliphatic hydroxyl groups excluding tert-OH is 1. The van der Waals surface area contributed by atoms with Crippen LogP contribution >= 0.6 is 11.3 Å². The average molecular weight is 210 g/mol. The van der Waals surface area contributed by atoms with Gasteiger partial charge >= 0.3 is 0 Å². The third-order valence-corrected chi connectivity index (χ3v) is 3.86. The maximum atomic E-state index is 9.65. The van der Waals surface area contributed by atoms with Crippen molar-refractivity contribution in [2.45, 2.75) is 44.6 Å². The van der Waals surface area contributed by atoms with Gasteiger partial charge in [-0.2, -0.15) is 0 Å². The Kier molecular flexibility index (Phi) is 3.60. The number of thiophene rings is 1. The van der Waals surface area contributed by atoms with Crippen LogP contribution < -0.4 is 0 Å². The fourth-order valence-corrected chi connectivity index (χ4v) is 2.58. The summed E-state index contributed by atoms with van der Waals surface area (Å²) in [5.74, 6) is 0.650. The molecule has 1 aromatic rings. The van der Waals surface area contributed by atoms with Crippen LogP contribution in [0.15, 0.2) is 17.5 Å². The fraction of sp³-hybridized carbons (Fsp3) is 0.667. The van der Waals surface area contributed by atoms with Gasteiger partial charge in [-0.3, -0.25) is 0 Å². The van der Waals surface area contributed by atoms with Crippen molar-refractivity contribution in [3.05, 3.63) is 22.4 Å². The van der Waals surface area contributed by atoms with Crippen molar-refractivity contribution in [1.82, 2.24) is 0 Å². The molecule has 0 spiro atoms. The van der Waals surface area contributed by atoms with Gasteiger partial charge < -0.3 is 5.11 Å². The molecule has 2 heteroatoms. The van der Waals surface area contributed by atoms with Gasteiger partial charge in [0.05, 0.1) is 6.10 Å². The van der Waals surface area contributed by atoms with E-state index in [0.717, 1.165) is 6.42 Å². The lowest BCUT2D eigenvalue weighted by molar-refractivity contribution is 0.138. The molecule has 1 N–H and O–H groups in total. The van der Waals surface area contributed by atoms with Gasteiger partial charge in [0.2, 0.25) is 0 Å². The Morgan fingerprint density at radius 1 is 1.43 bits per heavy atom. The first-order valence-corrected chi connectivity index (χ1v) is 6.44. The topological polar surface area (TPSA) is 20.2 Å². The van der Waals surface area contributed by atoms with E-state index < -0.39 is 0 Å². The van der Waals surface area contributed by atoms with E-state index in [-0.39, 0.29) is 6.10 Å². The quantitative estimate of drug-likeness (QED) is 0.715. The van der Waals surface area contributed by atoms with E-state index >= 15 is 0 Å². The van der Waals surface area contributed by atoms with Crippen molar-refractivity contribution in [3.8, 4) is 0 Å². The van der Waals surface area contributed by atoms with E-state index in [9.17, 15) is 5.11 Å². The van der Waals surface area contributed by atoms with Gasteiger partial charge in [0, 0.05) is 4.88 Å². The molecule has 1 aliphatic rings. The fourth-order valence-electron chi connectivity index (χ4n) is 1.82. The van der Waals surface area contributed by atoms with Crippen LogP contribution in [-0.4, -0.2) is 11.2 Å². The number of hydrogen-bond acceptors (Lipinski definition) is 2. The second-order valence-corrected chi connectivity index (χ2v) is 5.26. The number of unbranched alkanes of at least 4 members (excludes halogenated alkanes) is 1. The Morgan fingerprint density at radius 2 is 2.29 bits per heavy atom. The Hall–Kier alpha value is -0.340. The Labute approximate surface area is 89.8 Å². The predicted octanol–water partition coefficient (Wildman–Crippen LogP) is 3.23. The van der Waals surface area contributed by atoms with E-state index in [4.69, 9.17) is 0 Å². The first-order valence-electron chi connectivity index (χ1n) is 5.56. The summed E-state index contributed by atoms with van der Waals surface area (Å²) in [6, 6.07) is 4.31. The predicted molar refractivity (Wildman–Crippen MR) is 60.6 cm³/mol. The molecule has 1 atom stereocenters. The molecule has 0 bridgehead atoms. The molecule has 1 aliphatic carbocycles. The summed E-state index contributed by atoms with van der Waals surface area (Å²) in [5, 5.41) is 11.8. The molecule has 2 rings (SSSR count). The summed E-state index contributed by atoms with van der Waals surface area (Å²) in [7, 11) is 0. The highest BCUT2D eigenvalue weighted by Crippen LogP contribution is 2.34. The summed E-state index contributed by atoms with van der Waals surface area (Å²) in [6.45, 7) is 0. The molecule has 14 heavy (non-hydrogen) atoms. The van der Waals surface area contributed by atoms with Gasteiger partial charge in [0.15, 0.2) is 0 Å². The zero-order chi connectivity index (χ0) is 9.80. The van der Waals surface area contributed by atoms with Crippen LogP contribution in [0, 0.1) is 5.92 Å². The van der Waals surface area contributed by atoms with Gasteiger partial charge in [0.25, 0.3) is 0 Å². The van der Waals surface area contributed by atoms with E-state index in [1.165, 1.54) is 37.0 Å². The van der Waals surface area contributed by atoms with Gasteiger partial charge in [-0.05, 0) is 49.5 Å². The van der Waals surface area contributed by atoms with E-state index in [2.05, 4.69) is 17.5 Å². The Balaban J connectivity index is 1.54. The van der Waals surface area contributed by atoms with Crippen molar-refractivity contribution >= 4 is 11.3 Å². The molecule has 0 amide bonds. The molecule has 0 radical (unpaired) electrons. The zero-order valence-electron chi connectivity index (χ0n) is 8.48. The number of hydrogen-bond donors (Lipinski definition) is 1. The van der Waals surface area contributed by atoms with Crippen molar-refractivity contribution < 1.29 is 5.11 Å². The Morgan fingerprint density at radius 3 is 2.93 bits per heavy atom. The Bertz CT molecular complexity index is 251. The molecule has 1 fully saturated rings. The summed E-state index contributed by atoms with van der Waals surface area (Å²) < 4.78 is 0. The van der Waals surface area contributed by atoms with Crippen molar-refractivity contribution in [1.29, 1.82) is 0 Å². The first-order chi connectivity index (χ1) is 6.86. The molecule has 0 saturated heterocycles. The minimum absolute atomic E-state index is 0.00154. The molecule has 78 valence electrons. The second kappa shape index (κ2) is 4.94. The highest BCUT2D eigenvalue weighted by molar-refractivity contribution is 7.09. The van der Waals surface area contributed by atoms with Crippen LogP contribution in [-0.2, 0) is 6.42 Å². The van der Waals surface area contributed by atoms with Crippen LogP contribution in [0.3, 0.4) is 0 Å². The summed E-state index contributed by atoms with van der Waals surface area (Å²) in [4.78, 5) is 1.48. The van der Waals surface area contributed by atoms with Gasteiger partial charge in [-0.1, -0.05) is 12.5 Å². The van der Waals surface area contributed by atoms with Crippen LogP contribution in [0.2, 0.25) is 0 Å². The maximum Gasteiger partial charge on any atom is 0.0568 e. The van der Waals surface area contributed by atoms with Crippen molar-refractivity contribution in [3.63, 3.8) is 0 Å². The molecule has 0 aromatic carbocycles. The lowest BCUT2D eigenvalue weighted by atomic mass is 10.1. The first kappa shape index (κ1) is 10.2. The lowest BCUT2D eigenvalue weighted by Crippen LogP contribution is -2.08. The summed E-state index contributed by atoms with van der Waals surface area (Å²) >= 11 is 1.84. The number of rotatable bonds is 6. The molecule has 1 unspecified atom stereocenters. The number of aliphatic hydroxyl groups is 1. The highest BCUT2D eigenvalue weighted by atomic mass is 32.1. The molecule has 1 heterocycles. The van der Waals surface area contributed by atoms with Crippen molar-refractivity contribution in [2.24, 2.45) is 5.92 Å². The van der Waals surface area contributed by atoms with Gasteiger partial charge in [-0.15, -0.1) is 11.3 Å². The van der Waals surface area contributed by atoms with E-state index in [1.54, 1.807) is 0 Å². The van der Waals surface area contributed by atoms with Gasteiger partial charge in [0.1, 0.15) is 0 Å². The number of aryl methyl sites for hydroxylation is 1. The molecule has 0 aliphatic heterocycles. The minimum atomic E-state index is -0.00154. The second-order valence-electron chi connectivity index (χ2n) is 4.23. The summed E-state index contributed by atoms with van der Waals surface area (Å²) in [6.07, 6.45) is 7.11. The average Bonchev–Trinajstić information content (AvgIpc) is 2.92. The van der Waals surface area contributed by atoms with Crippen LogP contribution in [0.25, 0.3) is 0 Å².